The molecule has 1 heterocycles. The SMILES string of the molecule is CCNC(=NCc1ccc(CS(=O)(=O)NC(C)C)cc1)NCC1Cc2ccccc2O1. The molecule has 7 nitrogen and oxygen atoms in total. The molecule has 0 bridgehead atoms. The van der Waals surface area contributed by atoms with Gasteiger partial charge in [0, 0.05) is 19.0 Å². The molecule has 31 heavy (non-hydrogen) atoms. The van der Waals surface area contributed by atoms with Gasteiger partial charge in [0.25, 0.3) is 0 Å². The minimum Gasteiger partial charge on any atom is -0.488 e. The summed E-state index contributed by atoms with van der Waals surface area (Å²) in [6, 6.07) is 15.5. The molecule has 1 atom stereocenters. The van der Waals surface area contributed by atoms with Crippen LogP contribution in [0.15, 0.2) is 53.5 Å². The quantitative estimate of drug-likeness (QED) is 0.408. The number of aliphatic imine (C=N–C) groups is 1. The first-order valence-electron chi connectivity index (χ1n) is 10.7. The molecule has 3 N–H and O–H groups in total. The molecule has 168 valence electrons. The van der Waals surface area contributed by atoms with Crippen LogP contribution < -0.4 is 20.1 Å². The van der Waals surface area contributed by atoms with Crippen LogP contribution in [0.5, 0.6) is 5.75 Å². The maximum Gasteiger partial charge on any atom is 0.216 e. The van der Waals surface area contributed by atoms with Crippen molar-refractivity contribution >= 4 is 16.0 Å². The summed E-state index contributed by atoms with van der Waals surface area (Å²) in [6.07, 6.45) is 0.973. The Morgan fingerprint density at radius 1 is 1.10 bits per heavy atom. The van der Waals surface area contributed by atoms with E-state index in [1.165, 1.54) is 5.56 Å². The second-order valence-electron chi connectivity index (χ2n) is 7.98. The molecule has 0 aliphatic carbocycles. The maximum absolute atomic E-state index is 12.1. The summed E-state index contributed by atoms with van der Waals surface area (Å²) in [5, 5.41) is 6.61. The third-order valence-electron chi connectivity index (χ3n) is 4.77. The van der Waals surface area contributed by atoms with E-state index in [0.717, 1.165) is 35.8 Å². The highest BCUT2D eigenvalue weighted by Gasteiger charge is 2.22. The molecule has 0 radical (unpaired) electrons. The van der Waals surface area contributed by atoms with Crippen LogP contribution in [-0.2, 0) is 28.7 Å². The van der Waals surface area contributed by atoms with Gasteiger partial charge in [-0.25, -0.2) is 18.1 Å². The summed E-state index contributed by atoms with van der Waals surface area (Å²) in [5.41, 5.74) is 3.01. The van der Waals surface area contributed by atoms with Gasteiger partial charge in [-0.1, -0.05) is 42.5 Å². The lowest BCUT2D eigenvalue weighted by atomic mass is 10.1. The van der Waals surface area contributed by atoms with Gasteiger partial charge in [-0.2, -0.15) is 0 Å². The molecule has 1 aliphatic heterocycles. The second kappa shape index (κ2) is 10.6. The van der Waals surface area contributed by atoms with Crippen molar-refractivity contribution in [2.75, 3.05) is 13.1 Å². The summed E-state index contributed by atoms with van der Waals surface area (Å²) in [7, 11) is -3.32. The van der Waals surface area contributed by atoms with Gasteiger partial charge in [0.15, 0.2) is 5.96 Å². The van der Waals surface area contributed by atoms with E-state index in [2.05, 4.69) is 26.4 Å². The van der Waals surface area contributed by atoms with Crippen LogP contribution in [0.25, 0.3) is 0 Å². The molecule has 1 unspecified atom stereocenters. The molecule has 0 saturated carbocycles. The Balaban J connectivity index is 1.53. The van der Waals surface area contributed by atoms with Crippen LogP contribution in [-0.4, -0.2) is 39.6 Å². The highest BCUT2D eigenvalue weighted by Crippen LogP contribution is 2.27. The Hall–Kier alpha value is -2.58. The van der Waals surface area contributed by atoms with E-state index in [1.807, 2.05) is 63.2 Å². The lowest BCUT2D eigenvalue weighted by molar-refractivity contribution is 0.235. The maximum atomic E-state index is 12.1. The highest BCUT2D eigenvalue weighted by molar-refractivity contribution is 7.88. The summed E-state index contributed by atoms with van der Waals surface area (Å²) in [4.78, 5) is 4.65. The first-order chi connectivity index (χ1) is 14.8. The van der Waals surface area contributed by atoms with Gasteiger partial charge in [-0.05, 0) is 43.5 Å². The summed E-state index contributed by atoms with van der Waals surface area (Å²) in [6.45, 7) is 7.58. The minimum absolute atomic E-state index is 0.0251. The van der Waals surface area contributed by atoms with E-state index in [4.69, 9.17) is 4.74 Å². The van der Waals surface area contributed by atoms with Gasteiger partial charge in [0.2, 0.25) is 10.0 Å². The molecule has 0 spiro atoms. The van der Waals surface area contributed by atoms with E-state index in [0.29, 0.717) is 13.1 Å². The number of hydrogen-bond acceptors (Lipinski definition) is 4. The van der Waals surface area contributed by atoms with Crippen molar-refractivity contribution in [3.8, 4) is 5.75 Å². The fourth-order valence-electron chi connectivity index (χ4n) is 3.45. The Labute approximate surface area is 185 Å². The van der Waals surface area contributed by atoms with Crippen molar-refractivity contribution in [3.63, 3.8) is 0 Å². The average molecular weight is 445 g/mol. The number of para-hydroxylation sites is 1. The number of benzene rings is 2. The number of guanidine groups is 1. The highest BCUT2D eigenvalue weighted by atomic mass is 32.2. The van der Waals surface area contributed by atoms with Crippen LogP contribution in [0.3, 0.4) is 0 Å². The number of rotatable bonds is 9. The average Bonchev–Trinajstić information content (AvgIpc) is 3.13. The molecule has 1 aliphatic rings. The number of hydrogen-bond donors (Lipinski definition) is 3. The monoisotopic (exact) mass is 444 g/mol. The number of ether oxygens (including phenoxy) is 1. The van der Waals surface area contributed by atoms with Gasteiger partial charge < -0.3 is 15.4 Å². The number of sulfonamides is 1. The predicted molar refractivity (Wildman–Crippen MR) is 125 cm³/mol. The largest absolute Gasteiger partial charge is 0.488 e. The zero-order chi connectivity index (χ0) is 22.3. The van der Waals surface area contributed by atoms with Gasteiger partial charge >= 0.3 is 0 Å². The molecule has 0 fully saturated rings. The van der Waals surface area contributed by atoms with E-state index in [-0.39, 0.29) is 17.9 Å². The van der Waals surface area contributed by atoms with Crippen molar-refractivity contribution in [2.24, 2.45) is 4.99 Å². The lowest BCUT2D eigenvalue weighted by Crippen LogP contribution is -2.42. The summed E-state index contributed by atoms with van der Waals surface area (Å²) in [5.74, 6) is 1.67. The number of nitrogens with one attached hydrogen (secondary N) is 3. The molecular formula is C23H32N4O3S. The Morgan fingerprint density at radius 2 is 1.81 bits per heavy atom. The third-order valence-corrected chi connectivity index (χ3v) is 6.31. The van der Waals surface area contributed by atoms with Gasteiger partial charge in [0.05, 0.1) is 18.8 Å². The van der Waals surface area contributed by atoms with E-state index >= 15 is 0 Å². The van der Waals surface area contributed by atoms with Gasteiger partial charge in [-0.3, -0.25) is 0 Å². The van der Waals surface area contributed by atoms with Crippen LogP contribution in [0.1, 0.15) is 37.5 Å². The molecule has 8 heteroatoms. The summed E-state index contributed by atoms with van der Waals surface area (Å²) >= 11 is 0. The van der Waals surface area contributed by atoms with Crippen LogP contribution in [0.2, 0.25) is 0 Å². The Bertz CT molecular complexity index is 963. The second-order valence-corrected chi connectivity index (χ2v) is 9.73. The predicted octanol–water partition coefficient (Wildman–Crippen LogP) is 2.57. The van der Waals surface area contributed by atoms with E-state index in [1.54, 1.807) is 0 Å². The molecular weight excluding hydrogens is 412 g/mol. The normalized spacial score (nSPS) is 16.1. The number of nitrogens with zero attached hydrogens (tertiary/aromatic N) is 1. The van der Waals surface area contributed by atoms with Gasteiger partial charge in [0.1, 0.15) is 11.9 Å². The zero-order valence-electron chi connectivity index (χ0n) is 18.4. The fraction of sp³-hybridized carbons (Fsp3) is 0.435. The number of fused-ring (bicyclic) bond motifs is 1. The standard InChI is InChI=1S/C23H32N4O3S/c1-4-24-23(26-15-21-13-20-7-5-6-8-22(20)30-21)25-14-18-9-11-19(12-10-18)16-31(28,29)27-17(2)3/h5-12,17,21,27H,4,13-16H2,1-3H3,(H2,24,25,26). The zero-order valence-corrected chi connectivity index (χ0v) is 19.2. The Kier molecular flexibility index (Phi) is 7.92. The van der Waals surface area contributed by atoms with Crippen molar-refractivity contribution in [1.82, 2.24) is 15.4 Å². The third kappa shape index (κ3) is 7.25. The molecule has 0 saturated heterocycles. The molecule has 2 aromatic rings. The summed E-state index contributed by atoms with van der Waals surface area (Å²) < 4.78 is 32.7. The fourth-order valence-corrected chi connectivity index (χ4v) is 4.88. The molecule has 2 aromatic carbocycles. The van der Waals surface area contributed by atoms with Crippen molar-refractivity contribution in [3.05, 3.63) is 65.2 Å². The van der Waals surface area contributed by atoms with Crippen molar-refractivity contribution < 1.29 is 13.2 Å². The Morgan fingerprint density at radius 3 is 2.48 bits per heavy atom. The molecule has 0 amide bonds. The van der Waals surface area contributed by atoms with Crippen molar-refractivity contribution in [2.45, 2.75) is 51.6 Å². The van der Waals surface area contributed by atoms with Gasteiger partial charge in [-0.15, -0.1) is 0 Å². The molecule has 3 rings (SSSR count). The van der Waals surface area contributed by atoms with Crippen LogP contribution >= 0.6 is 0 Å². The first-order valence-corrected chi connectivity index (χ1v) is 12.3. The van der Waals surface area contributed by atoms with Crippen LogP contribution in [0.4, 0.5) is 0 Å². The lowest BCUT2D eigenvalue weighted by Gasteiger charge is -2.15. The van der Waals surface area contributed by atoms with E-state index < -0.39 is 10.0 Å². The van der Waals surface area contributed by atoms with E-state index in [9.17, 15) is 8.42 Å². The van der Waals surface area contributed by atoms with Crippen LogP contribution in [0, 0.1) is 0 Å². The minimum atomic E-state index is -3.32. The molecule has 0 aromatic heterocycles. The topological polar surface area (TPSA) is 91.8 Å². The first kappa shape index (κ1) is 23.1. The van der Waals surface area contributed by atoms with Crippen molar-refractivity contribution in [1.29, 1.82) is 0 Å². The smallest absolute Gasteiger partial charge is 0.216 e.